The van der Waals surface area contributed by atoms with E-state index in [0.717, 1.165) is 5.69 Å². The van der Waals surface area contributed by atoms with Crippen molar-refractivity contribution in [1.29, 1.82) is 0 Å². The topological polar surface area (TPSA) is 65.2 Å². The molecule has 0 bridgehead atoms. The third kappa shape index (κ3) is 3.67. The Morgan fingerprint density at radius 2 is 2.40 bits per heavy atom. The molecule has 1 aromatic rings. The zero-order chi connectivity index (χ0) is 11.1. The van der Waals surface area contributed by atoms with Crippen molar-refractivity contribution in [3.8, 4) is 0 Å². The summed E-state index contributed by atoms with van der Waals surface area (Å²) in [6, 6.07) is 5.61. The van der Waals surface area contributed by atoms with Crippen LogP contribution in [-0.4, -0.2) is 24.1 Å². The smallest absolute Gasteiger partial charge is 0.310 e. The van der Waals surface area contributed by atoms with Gasteiger partial charge in [-0.3, -0.25) is 9.78 Å². The molecule has 0 spiro atoms. The summed E-state index contributed by atoms with van der Waals surface area (Å²) >= 11 is 0. The van der Waals surface area contributed by atoms with Gasteiger partial charge in [0, 0.05) is 24.9 Å². The minimum Gasteiger partial charge on any atom is -0.466 e. The molecular formula is C11H16N2O2. The Bertz CT molecular complexity index is 301. The maximum Gasteiger partial charge on any atom is 0.310 e. The number of ether oxygens (including phenoxy) is 1. The van der Waals surface area contributed by atoms with E-state index in [2.05, 4.69) is 4.98 Å². The van der Waals surface area contributed by atoms with E-state index in [-0.39, 0.29) is 18.4 Å². The Kier molecular flexibility index (Phi) is 4.77. The third-order valence-corrected chi connectivity index (χ3v) is 2.09. The number of rotatable bonds is 5. The van der Waals surface area contributed by atoms with Crippen molar-refractivity contribution < 1.29 is 9.53 Å². The summed E-state index contributed by atoms with van der Waals surface area (Å²) in [5, 5.41) is 0. The lowest BCUT2D eigenvalue weighted by Gasteiger charge is -2.12. The second-order valence-electron chi connectivity index (χ2n) is 3.21. The van der Waals surface area contributed by atoms with Crippen molar-refractivity contribution in [3.05, 3.63) is 30.1 Å². The Morgan fingerprint density at radius 3 is 2.93 bits per heavy atom. The average molecular weight is 208 g/mol. The van der Waals surface area contributed by atoms with Gasteiger partial charge in [-0.25, -0.2) is 0 Å². The van der Waals surface area contributed by atoms with Crippen molar-refractivity contribution in [1.82, 2.24) is 4.98 Å². The van der Waals surface area contributed by atoms with Gasteiger partial charge >= 0.3 is 5.97 Å². The normalized spacial score (nSPS) is 12.1. The lowest BCUT2D eigenvalue weighted by atomic mass is 10.0. The zero-order valence-corrected chi connectivity index (χ0v) is 8.85. The number of esters is 1. The van der Waals surface area contributed by atoms with E-state index in [1.165, 1.54) is 0 Å². The van der Waals surface area contributed by atoms with E-state index in [4.69, 9.17) is 10.5 Å². The second kappa shape index (κ2) is 6.14. The summed E-state index contributed by atoms with van der Waals surface area (Å²) in [4.78, 5) is 15.6. The van der Waals surface area contributed by atoms with Gasteiger partial charge in [0.1, 0.15) is 0 Å². The Balaban J connectivity index is 2.58. The monoisotopic (exact) mass is 208 g/mol. The molecule has 0 saturated heterocycles. The maximum atomic E-state index is 11.4. The number of carbonyl (C=O) groups is 1. The highest BCUT2D eigenvalue weighted by molar-refractivity contribution is 5.73. The number of carbonyl (C=O) groups excluding carboxylic acids is 1. The summed E-state index contributed by atoms with van der Waals surface area (Å²) in [5.41, 5.74) is 6.39. The summed E-state index contributed by atoms with van der Waals surface area (Å²) in [5.74, 6) is -0.537. The maximum absolute atomic E-state index is 11.4. The van der Waals surface area contributed by atoms with Gasteiger partial charge in [0.15, 0.2) is 0 Å². The minimum atomic E-state index is -0.292. The first kappa shape index (κ1) is 11.7. The molecule has 0 saturated carbocycles. The number of nitrogens with zero attached hydrogens (tertiary/aromatic N) is 1. The molecular weight excluding hydrogens is 192 g/mol. The van der Waals surface area contributed by atoms with Crippen molar-refractivity contribution in [2.24, 2.45) is 11.7 Å². The highest BCUT2D eigenvalue weighted by Crippen LogP contribution is 2.07. The van der Waals surface area contributed by atoms with Crippen LogP contribution in [0, 0.1) is 5.92 Å². The molecule has 0 aliphatic rings. The Labute approximate surface area is 89.5 Å². The van der Waals surface area contributed by atoms with Crippen LogP contribution in [0.2, 0.25) is 0 Å². The van der Waals surface area contributed by atoms with Crippen LogP contribution in [0.1, 0.15) is 12.6 Å². The van der Waals surface area contributed by atoms with Gasteiger partial charge in [-0.1, -0.05) is 6.07 Å². The predicted octanol–water partition coefficient (Wildman–Crippen LogP) is 0.762. The summed E-state index contributed by atoms with van der Waals surface area (Å²) in [6.45, 7) is 2.46. The van der Waals surface area contributed by atoms with Gasteiger partial charge in [-0.05, 0) is 19.1 Å². The molecule has 82 valence electrons. The molecule has 4 heteroatoms. The van der Waals surface area contributed by atoms with Gasteiger partial charge in [-0.2, -0.15) is 0 Å². The molecule has 0 aliphatic heterocycles. The van der Waals surface area contributed by atoms with Crippen LogP contribution in [0.15, 0.2) is 24.4 Å². The number of nitrogens with two attached hydrogens (primary N) is 1. The Hall–Kier alpha value is -1.42. The molecule has 1 atom stereocenters. The molecule has 0 amide bonds. The third-order valence-electron chi connectivity index (χ3n) is 2.09. The number of hydrogen-bond acceptors (Lipinski definition) is 4. The van der Waals surface area contributed by atoms with E-state index < -0.39 is 0 Å². The molecule has 0 aromatic carbocycles. The van der Waals surface area contributed by atoms with Crippen LogP contribution in [-0.2, 0) is 16.0 Å². The van der Waals surface area contributed by atoms with E-state index in [9.17, 15) is 4.79 Å². The van der Waals surface area contributed by atoms with Gasteiger partial charge in [0.25, 0.3) is 0 Å². The van der Waals surface area contributed by atoms with Crippen LogP contribution in [0.25, 0.3) is 0 Å². The first-order valence-electron chi connectivity index (χ1n) is 5.04. The van der Waals surface area contributed by atoms with E-state index >= 15 is 0 Å². The van der Waals surface area contributed by atoms with E-state index in [1.807, 2.05) is 18.2 Å². The first-order valence-corrected chi connectivity index (χ1v) is 5.04. The fraction of sp³-hybridized carbons (Fsp3) is 0.455. The van der Waals surface area contributed by atoms with Crippen molar-refractivity contribution in [3.63, 3.8) is 0 Å². The van der Waals surface area contributed by atoms with Gasteiger partial charge < -0.3 is 10.5 Å². The first-order chi connectivity index (χ1) is 7.27. The molecule has 4 nitrogen and oxygen atoms in total. The van der Waals surface area contributed by atoms with Crippen LogP contribution < -0.4 is 5.73 Å². The van der Waals surface area contributed by atoms with Crippen molar-refractivity contribution in [2.45, 2.75) is 13.3 Å². The second-order valence-corrected chi connectivity index (χ2v) is 3.21. The molecule has 1 heterocycles. The summed E-state index contributed by atoms with van der Waals surface area (Å²) in [7, 11) is 0. The highest BCUT2D eigenvalue weighted by Gasteiger charge is 2.18. The quantitative estimate of drug-likeness (QED) is 0.725. The number of pyridine rings is 1. The fourth-order valence-electron chi connectivity index (χ4n) is 1.29. The van der Waals surface area contributed by atoms with Crippen LogP contribution >= 0.6 is 0 Å². The SMILES string of the molecule is CCOC(=O)C(CN)Cc1ccccn1. The molecule has 2 N–H and O–H groups in total. The standard InChI is InChI=1S/C11H16N2O2/c1-2-15-11(14)9(8-12)7-10-5-3-4-6-13-10/h3-6,9H,2,7-8,12H2,1H3. The molecule has 1 unspecified atom stereocenters. The molecule has 15 heavy (non-hydrogen) atoms. The highest BCUT2D eigenvalue weighted by atomic mass is 16.5. The van der Waals surface area contributed by atoms with E-state index in [1.54, 1.807) is 13.1 Å². The number of hydrogen-bond donors (Lipinski definition) is 1. The minimum absolute atomic E-state index is 0.245. The fourth-order valence-corrected chi connectivity index (χ4v) is 1.29. The lowest BCUT2D eigenvalue weighted by Crippen LogP contribution is -2.27. The van der Waals surface area contributed by atoms with Crippen LogP contribution in [0.3, 0.4) is 0 Å². The zero-order valence-electron chi connectivity index (χ0n) is 8.85. The Morgan fingerprint density at radius 1 is 1.60 bits per heavy atom. The molecule has 0 aliphatic carbocycles. The molecule has 1 rings (SSSR count). The molecule has 0 fully saturated rings. The number of aromatic nitrogens is 1. The lowest BCUT2D eigenvalue weighted by molar-refractivity contribution is -0.147. The van der Waals surface area contributed by atoms with Gasteiger partial charge in [0.2, 0.25) is 0 Å². The van der Waals surface area contributed by atoms with Crippen molar-refractivity contribution in [2.75, 3.05) is 13.2 Å². The predicted molar refractivity (Wildman–Crippen MR) is 57.1 cm³/mol. The molecule has 0 radical (unpaired) electrons. The van der Waals surface area contributed by atoms with Gasteiger partial charge in [-0.15, -0.1) is 0 Å². The van der Waals surface area contributed by atoms with Crippen molar-refractivity contribution >= 4 is 5.97 Å². The van der Waals surface area contributed by atoms with Crippen LogP contribution in [0.4, 0.5) is 0 Å². The average Bonchev–Trinajstić information content (AvgIpc) is 2.27. The van der Waals surface area contributed by atoms with Crippen LogP contribution in [0.5, 0.6) is 0 Å². The summed E-state index contributed by atoms with van der Waals surface area (Å²) in [6.07, 6.45) is 2.24. The van der Waals surface area contributed by atoms with E-state index in [0.29, 0.717) is 13.0 Å². The largest absolute Gasteiger partial charge is 0.466 e. The van der Waals surface area contributed by atoms with Gasteiger partial charge in [0.05, 0.1) is 12.5 Å². The molecule has 1 aromatic heterocycles. The summed E-state index contributed by atoms with van der Waals surface area (Å²) < 4.78 is 4.92.